The Hall–Kier alpha value is -1.99. The molecule has 1 unspecified atom stereocenters. The first kappa shape index (κ1) is 18.4. The summed E-state index contributed by atoms with van der Waals surface area (Å²) in [4.78, 5) is 9.83. The van der Waals surface area contributed by atoms with Gasteiger partial charge in [0.1, 0.15) is 5.82 Å². The summed E-state index contributed by atoms with van der Waals surface area (Å²) >= 11 is 1.68. The molecule has 0 saturated heterocycles. The Morgan fingerprint density at radius 2 is 2.00 bits per heavy atom. The summed E-state index contributed by atoms with van der Waals surface area (Å²) in [5.41, 5.74) is 1.96. The number of nitrogens with zero attached hydrogens (tertiary/aromatic N) is 2. The van der Waals surface area contributed by atoms with Gasteiger partial charge in [-0.3, -0.25) is 4.99 Å². The molecule has 0 aliphatic heterocycles. The highest BCUT2D eigenvalue weighted by molar-refractivity contribution is 7.11. The van der Waals surface area contributed by atoms with Gasteiger partial charge < -0.3 is 15.4 Å². The van der Waals surface area contributed by atoms with E-state index in [4.69, 9.17) is 4.74 Å². The molecular weight excluding hydrogens is 327 g/mol. The topological polar surface area (TPSA) is 58.5 Å². The number of halogens is 1. The fraction of sp³-hybridized carbons (Fsp3) is 0.412. The molecular formula is C17H23FN4OS. The monoisotopic (exact) mass is 350 g/mol. The number of rotatable bonds is 6. The van der Waals surface area contributed by atoms with Gasteiger partial charge in [-0.25, -0.2) is 9.37 Å². The fourth-order valence-electron chi connectivity index (χ4n) is 2.33. The third-order valence-corrected chi connectivity index (χ3v) is 4.69. The Labute approximate surface area is 146 Å². The van der Waals surface area contributed by atoms with E-state index in [0.717, 1.165) is 16.3 Å². The Bertz CT molecular complexity index is 684. The third-order valence-electron chi connectivity index (χ3n) is 3.62. The standard InChI is InChI=1S/C17H23FN4OS/c1-11-16(24-12(2)22-11)10-21-17(19-3)20-9-15(23-4)13-5-7-14(18)8-6-13/h5-8,15H,9-10H2,1-4H3,(H2,19,20,21). The van der Waals surface area contributed by atoms with Crippen molar-refractivity contribution in [2.75, 3.05) is 20.7 Å². The highest BCUT2D eigenvalue weighted by Gasteiger charge is 2.12. The molecule has 0 aliphatic carbocycles. The number of thiazole rings is 1. The molecule has 1 aromatic carbocycles. The van der Waals surface area contributed by atoms with E-state index in [1.165, 1.54) is 17.0 Å². The summed E-state index contributed by atoms with van der Waals surface area (Å²) in [6, 6.07) is 6.32. The number of aromatic nitrogens is 1. The van der Waals surface area contributed by atoms with Crippen LogP contribution >= 0.6 is 11.3 Å². The summed E-state index contributed by atoms with van der Waals surface area (Å²) in [6.45, 7) is 5.21. The van der Waals surface area contributed by atoms with Crippen LogP contribution in [0.3, 0.4) is 0 Å². The van der Waals surface area contributed by atoms with Crippen LogP contribution in [0.25, 0.3) is 0 Å². The van der Waals surface area contributed by atoms with Crippen molar-refractivity contribution >= 4 is 17.3 Å². The Kier molecular flexibility index (Phi) is 6.69. The molecule has 1 atom stereocenters. The van der Waals surface area contributed by atoms with Gasteiger partial charge in [-0.05, 0) is 31.5 Å². The lowest BCUT2D eigenvalue weighted by atomic mass is 10.1. The van der Waals surface area contributed by atoms with E-state index < -0.39 is 0 Å². The summed E-state index contributed by atoms with van der Waals surface area (Å²) in [7, 11) is 3.36. The Morgan fingerprint density at radius 1 is 1.29 bits per heavy atom. The molecule has 0 fully saturated rings. The quantitative estimate of drug-likeness (QED) is 0.621. The van der Waals surface area contributed by atoms with E-state index in [0.29, 0.717) is 19.0 Å². The second-order valence-corrected chi connectivity index (χ2v) is 6.61. The van der Waals surface area contributed by atoms with E-state index in [1.807, 2.05) is 13.8 Å². The first-order valence-electron chi connectivity index (χ1n) is 7.69. The second kappa shape index (κ2) is 8.75. The van der Waals surface area contributed by atoms with Crippen LogP contribution in [0.2, 0.25) is 0 Å². The lowest BCUT2D eigenvalue weighted by molar-refractivity contribution is 0.106. The molecule has 0 aliphatic rings. The molecule has 0 radical (unpaired) electrons. The third kappa shape index (κ3) is 5.01. The fourth-order valence-corrected chi connectivity index (χ4v) is 3.20. The van der Waals surface area contributed by atoms with Crippen LogP contribution in [0.4, 0.5) is 4.39 Å². The maximum atomic E-state index is 13.0. The zero-order valence-electron chi connectivity index (χ0n) is 14.4. The zero-order valence-corrected chi connectivity index (χ0v) is 15.2. The minimum atomic E-state index is -0.255. The van der Waals surface area contributed by atoms with Gasteiger partial charge in [-0.1, -0.05) is 12.1 Å². The first-order chi connectivity index (χ1) is 11.5. The van der Waals surface area contributed by atoms with Crippen molar-refractivity contribution in [1.82, 2.24) is 15.6 Å². The van der Waals surface area contributed by atoms with Crippen LogP contribution in [0.1, 0.15) is 27.2 Å². The molecule has 2 N–H and O–H groups in total. The molecule has 2 aromatic rings. The molecule has 0 spiro atoms. The minimum Gasteiger partial charge on any atom is -0.375 e. The molecule has 0 bridgehead atoms. The average molecular weight is 350 g/mol. The lowest BCUT2D eigenvalue weighted by Crippen LogP contribution is -2.39. The number of hydrogen-bond donors (Lipinski definition) is 2. The van der Waals surface area contributed by atoms with Crippen molar-refractivity contribution in [3.05, 3.63) is 51.2 Å². The molecule has 5 nitrogen and oxygen atoms in total. The highest BCUT2D eigenvalue weighted by Crippen LogP contribution is 2.17. The maximum Gasteiger partial charge on any atom is 0.191 e. The Balaban J connectivity index is 1.90. The van der Waals surface area contributed by atoms with Crippen LogP contribution in [-0.2, 0) is 11.3 Å². The van der Waals surface area contributed by atoms with Crippen LogP contribution < -0.4 is 10.6 Å². The highest BCUT2D eigenvalue weighted by atomic mass is 32.1. The molecule has 1 aromatic heterocycles. The minimum absolute atomic E-state index is 0.184. The van der Waals surface area contributed by atoms with Gasteiger partial charge in [0.15, 0.2) is 5.96 Å². The Morgan fingerprint density at radius 3 is 2.54 bits per heavy atom. The van der Waals surface area contributed by atoms with Crippen molar-refractivity contribution in [3.8, 4) is 0 Å². The summed E-state index contributed by atoms with van der Waals surface area (Å²) in [6.07, 6.45) is -0.184. The second-order valence-electron chi connectivity index (χ2n) is 5.32. The number of nitrogens with one attached hydrogen (secondary N) is 2. The van der Waals surface area contributed by atoms with E-state index in [9.17, 15) is 4.39 Å². The van der Waals surface area contributed by atoms with E-state index in [1.54, 1.807) is 37.6 Å². The van der Waals surface area contributed by atoms with E-state index in [-0.39, 0.29) is 11.9 Å². The van der Waals surface area contributed by atoms with Crippen molar-refractivity contribution in [2.45, 2.75) is 26.5 Å². The average Bonchev–Trinajstić information content (AvgIpc) is 2.90. The van der Waals surface area contributed by atoms with Gasteiger partial charge in [-0.2, -0.15) is 0 Å². The molecule has 24 heavy (non-hydrogen) atoms. The van der Waals surface area contributed by atoms with Gasteiger partial charge >= 0.3 is 0 Å². The van der Waals surface area contributed by atoms with Crippen molar-refractivity contribution in [1.29, 1.82) is 0 Å². The van der Waals surface area contributed by atoms with Crippen molar-refractivity contribution in [2.24, 2.45) is 4.99 Å². The van der Waals surface area contributed by atoms with Crippen LogP contribution in [0.15, 0.2) is 29.3 Å². The molecule has 130 valence electrons. The number of aliphatic imine (C=N–C) groups is 1. The molecule has 0 saturated carbocycles. The first-order valence-corrected chi connectivity index (χ1v) is 8.50. The van der Waals surface area contributed by atoms with Gasteiger partial charge in [0, 0.05) is 25.6 Å². The van der Waals surface area contributed by atoms with Crippen LogP contribution in [0, 0.1) is 19.7 Å². The number of hydrogen-bond acceptors (Lipinski definition) is 4. The molecule has 1 heterocycles. The SMILES string of the molecule is CN=C(NCc1sc(C)nc1C)NCC(OC)c1ccc(F)cc1. The lowest BCUT2D eigenvalue weighted by Gasteiger charge is -2.18. The number of benzene rings is 1. The van der Waals surface area contributed by atoms with Gasteiger partial charge in [0.05, 0.1) is 23.4 Å². The molecule has 2 rings (SSSR count). The smallest absolute Gasteiger partial charge is 0.191 e. The number of aryl methyl sites for hydroxylation is 2. The van der Waals surface area contributed by atoms with E-state index in [2.05, 4.69) is 20.6 Å². The number of guanidine groups is 1. The largest absolute Gasteiger partial charge is 0.375 e. The molecule has 0 amide bonds. The number of ether oxygens (including phenoxy) is 1. The summed E-state index contributed by atoms with van der Waals surface area (Å²) in [5.74, 6) is 0.430. The molecule has 7 heteroatoms. The van der Waals surface area contributed by atoms with E-state index >= 15 is 0 Å². The van der Waals surface area contributed by atoms with Gasteiger partial charge in [-0.15, -0.1) is 11.3 Å². The van der Waals surface area contributed by atoms with Gasteiger partial charge in [0.2, 0.25) is 0 Å². The van der Waals surface area contributed by atoms with Crippen molar-refractivity contribution in [3.63, 3.8) is 0 Å². The predicted octanol–water partition coefficient (Wildman–Crippen LogP) is 2.95. The maximum absolute atomic E-state index is 13.0. The van der Waals surface area contributed by atoms with Crippen LogP contribution in [-0.4, -0.2) is 31.6 Å². The number of methoxy groups -OCH3 is 1. The zero-order chi connectivity index (χ0) is 17.5. The van der Waals surface area contributed by atoms with Gasteiger partial charge in [0.25, 0.3) is 0 Å². The summed E-state index contributed by atoms with van der Waals surface area (Å²) < 4.78 is 18.5. The van der Waals surface area contributed by atoms with Crippen molar-refractivity contribution < 1.29 is 9.13 Å². The normalized spacial score (nSPS) is 13.0. The summed E-state index contributed by atoms with van der Waals surface area (Å²) in [5, 5.41) is 7.57. The van der Waals surface area contributed by atoms with Crippen LogP contribution in [0.5, 0.6) is 0 Å². The predicted molar refractivity (Wildman–Crippen MR) is 95.9 cm³/mol.